The van der Waals surface area contributed by atoms with Gasteiger partial charge in [-0.3, -0.25) is 9.36 Å². The van der Waals surface area contributed by atoms with Crippen LogP contribution in [0.4, 0.5) is 23.8 Å². The van der Waals surface area contributed by atoms with E-state index < -0.39 is 24.1 Å². The van der Waals surface area contributed by atoms with Crippen LogP contribution in [0.5, 0.6) is 17.5 Å². The molecule has 3 N–H and O–H groups in total. The number of nitrogens with one attached hydrogen (secondary N) is 1. The molecule has 1 aromatic heterocycles. The Kier molecular flexibility index (Phi) is 4.88. The molecular weight excluding hydrogens is 405 g/mol. The molecule has 1 aliphatic rings. The second kappa shape index (κ2) is 7.52. The largest absolute Gasteiger partial charge is 0.573 e. The fourth-order valence-electron chi connectivity index (χ4n) is 2.95. The van der Waals surface area contributed by atoms with Gasteiger partial charge in [0.1, 0.15) is 11.5 Å². The van der Waals surface area contributed by atoms with Gasteiger partial charge in [-0.1, -0.05) is 36.4 Å². The van der Waals surface area contributed by atoms with Crippen LogP contribution in [0, 0.1) is 0 Å². The molecule has 30 heavy (non-hydrogen) atoms. The smallest absolute Gasteiger partial charge is 0.425 e. The maximum absolute atomic E-state index is 12.5. The van der Waals surface area contributed by atoms with Crippen LogP contribution in [-0.2, 0) is 6.54 Å². The van der Waals surface area contributed by atoms with E-state index in [4.69, 9.17) is 4.74 Å². The first-order valence-corrected chi connectivity index (χ1v) is 8.67. The fourth-order valence-corrected chi connectivity index (χ4v) is 2.95. The number of hydrogen-bond acceptors (Lipinski definition) is 5. The number of ether oxygens (including phenoxy) is 2. The van der Waals surface area contributed by atoms with Crippen molar-refractivity contribution in [2.24, 2.45) is 0 Å². The minimum atomic E-state index is -4.85. The van der Waals surface area contributed by atoms with Crippen molar-refractivity contribution in [3.63, 3.8) is 0 Å². The molecule has 0 bridgehead atoms. The van der Waals surface area contributed by atoms with Gasteiger partial charge in [0, 0.05) is 6.07 Å². The summed E-state index contributed by atoms with van der Waals surface area (Å²) in [4.78, 5) is 28.2. The van der Waals surface area contributed by atoms with Crippen LogP contribution in [0.2, 0.25) is 0 Å². The summed E-state index contributed by atoms with van der Waals surface area (Å²) in [6, 6.07) is 13.3. The lowest BCUT2D eigenvalue weighted by atomic mass is 10.2. The molecule has 3 amide bonds. The minimum absolute atomic E-state index is 0.0140. The van der Waals surface area contributed by atoms with Crippen molar-refractivity contribution in [1.29, 1.82) is 0 Å². The summed E-state index contributed by atoms with van der Waals surface area (Å²) in [5.41, 5.74) is 0.928. The summed E-state index contributed by atoms with van der Waals surface area (Å²) in [7, 11) is 0. The number of imidazole rings is 1. The third-order valence-electron chi connectivity index (χ3n) is 4.11. The van der Waals surface area contributed by atoms with E-state index >= 15 is 0 Å². The van der Waals surface area contributed by atoms with Crippen LogP contribution in [0.3, 0.4) is 0 Å². The molecule has 0 aliphatic carbocycles. The topological polar surface area (TPSA) is 99.1 Å². The molecule has 1 aliphatic heterocycles. The Labute approximate surface area is 167 Å². The highest BCUT2D eigenvalue weighted by Gasteiger charge is 2.35. The quantitative estimate of drug-likeness (QED) is 0.663. The monoisotopic (exact) mass is 419 g/mol. The number of benzene rings is 2. The van der Waals surface area contributed by atoms with Crippen molar-refractivity contribution in [1.82, 2.24) is 14.9 Å². The highest BCUT2D eigenvalue weighted by atomic mass is 19.4. The zero-order chi connectivity index (χ0) is 21.3. The molecule has 8 nitrogen and oxygen atoms in total. The van der Waals surface area contributed by atoms with Gasteiger partial charge in [-0.25, -0.2) is 15.4 Å². The number of carbonyl (C=O) groups is 2. The number of aromatic nitrogens is 2. The molecule has 0 saturated heterocycles. The zero-order valence-electron chi connectivity index (χ0n) is 15.1. The van der Waals surface area contributed by atoms with Crippen LogP contribution < -0.4 is 20.1 Å². The Bertz CT molecular complexity index is 1110. The first kappa shape index (κ1) is 19.5. The lowest BCUT2D eigenvalue weighted by molar-refractivity contribution is -0.469. The molecule has 0 fully saturated rings. The summed E-state index contributed by atoms with van der Waals surface area (Å²) in [5, 5.41) is 3.33. The number of fused-ring (bicyclic) bond motifs is 1. The van der Waals surface area contributed by atoms with E-state index in [0.717, 1.165) is 23.0 Å². The number of quaternary nitrogens is 1. The van der Waals surface area contributed by atoms with Crippen molar-refractivity contribution >= 4 is 17.8 Å². The summed E-state index contributed by atoms with van der Waals surface area (Å²) in [6.07, 6.45) is -4.85. The van der Waals surface area contributed by atoms with Crippen molar-refractivity contribution in [2.75, 3.05) is 0 Å². The fraction of sp³-hybridized carbons (Fsp3) is 0.105. The molecule has 11 heteroatoms. The number of imide groups is 1. The molecule has 0 saturated carbocycles. The maximum atomic E-state index is 12.5. The Hall–Kier alpha value is -3.86. The highest BCUT2D eigenvalue weighted by molar-refractivity contribution is 6.06. The third kappa shape index (κ3) is 4.25. The Morgan fingerprint density at radius 3 is 2.50 bits per heavy atom. The average Bonchev–Trinajstić information content (AvgIpc) is 2.98. The van der Waals surface area contributed by atoms with Crippen molar-refractivity contribution in [3.8, 4) is 17.5 Å². The molecule has 0 unspecified atom stereocenters. The number of halogens is 3. The van der Waals surface area contributed by atoms with Gasteiger partial charge in [-0.15, -0.1) is 18.2 Å². The number of alkyl halides is 3. The zero-order valence-corrected chi connectivity index (χ0v) is 15.1. The molecule has 154 valence electrons. The number of carbonyl (C=O) groups excluding carboxylic acids is 2. The maximum Gasteiger partial charge on any atom is 0.573 e. The van der Waals surface area contributed by atoms with Gasteiger partial charge in [-0.05, 0) is 17.7 Å². The molecule has 0 atom stereocenters. The second-order valence-corrected chi connectivity index (χ2v) is 6.29. The standard InChI is InChI=1S/C19H13F3N4O4/c20-19(21,22)30-13-8-4-7-12(9-13)29-18-24-15-14(16(27)25-17(28)23-15)26(18)10-11-5-2-1-3-6-11/h1-9H,10H2,(H2,23,25,27,28)/p+1. The second-order valence-electron chi connectivity index (χ2n) is 6.29. The number of rotatable bonds is 5. The van der Waals surface area contributed by atoms with Crippen LogP contribution in [0.15, 0.2) is 54.6 Å². The lowest BCUT2D eigenvalue weighted by Crippen LogP contribution is -2.88. The molecular formula is C19H14F3N4O4+. The summed E-state index contributed by atoms with van der Waals surface area (Å²) in [6.45, 7) is 0.187. The van der Waals surface area contributed by atoms with Gasteiger partial charge < -0.3 is 9.47 Å². The van der Waals surface area contributed by atoms with Crippen molar-refractivity contribution < 1.29 is 37.6 Å². The number of primary amides is 1. The van der Waals surface area contributed by atoms with Gasteiger partial charge in [0.25, 0.3) is 11.7 Å². The predicted molar refractivity (Wildman–Crippen MR) is 95.4 cm³/mol. The van der Waals surface area contributed by atoms with Crippen LogP contribution >= 0.6 is 0 Å². The van der Waals surface area contributed by atoms with Crippen LogP contribution in [-0.4, -0.2) is 27.9 Å². The molecule has 3 aromatic rings. The van der Waals surface area contributed by atoms with E-state index in [0.29, 0.717) is 0 Å². The number of hydrogen-bond donors (Lipinski definition) is 2. The van der Waals surface area contributed by atoms with Crippen molar-refractivity contribution in [2.45, 2.75) is 12.9 Å². The average molecular weight is 419 g/mol. The highest BCUT2D eigenvalue weighted by Crippen LogP contribution is 2.31. The number of amides is 3. The first-order chi connectivity index (χ1) is 14.3. The summed E-state index contributed by atoms with van der Waals surface area (Å²) < 4.78 is 48.4. The molecule has 2 aromatic carbocycles. The number of nitrogens with zero attached hydrogens (tertiary/aromatic N) is 2. The van der Waals surface area contributed by atoms with E-state index in [9.17, 15) is 22.8 Å². The first-order valence-electron chi connectivity index (χ1n) is 8.67. The minimum Gasteiger partial charge on any atom is -0.425 e. The number of nitrogens with two attached hydrogens (primary N) is 1. The summed E-state index contributed by atoms with van der Waals surface area (Å²) >= 11 is 0. The predicted octanol–water partition coefficient (Wildman–Crippen LogP) is 2.68. The third-order valence-corrected chi connectivity index (χ3v) is 4.11. The normalized spacial score (nSPS) is 13.6. The molecule has 0 radical (unpaired) electrons. The van der Waals surface area contributed by atoms with E-state index in [2.05, 4.69) is 15.0 Å². The van der Waals surface area contributed by atoms with Crippen LogP contribution in [0.1, 0.15) is 16.1 Å². The number of urea groups is 1. The van der Waals surface area contributed by atoms with Crippen molar-refractivity contribution in [3.05, 3.63) is 65.9 Å². The Balaban J connectivity index is 1.71. The van der Waals surface area contributed by atoms with Gasteiger partial charge in [-0.2, -0.15) is 0 Å². The van der Waals surface area contributed by atoms with E-state index in [1.165, 1.54) is 16.7 Å². The summed E-state index contributed by atoms with van der Waals surface area (Å²) in [5.74, 6) is -0.993. The lowest BCUT2D eigenvalue weighted by Gasteiger charge is -2.13. The van der Waals surface area contributed by atoms with Crippen LogP contribution in [0.25, 0.3) is 0 Å². The van der Waals surface area contributed by atoms with Gasteiger partial charge in [0.2, 0.25) is 0 Å². The van der Waals surface area contributed by atoms with E-state index in [1.54, 1.807) is 0 Å². The van der Waals surface area contributed by atoms with Gasteiger partial charge in [0.15, 0.2) is 5.69 Å². The molecule has 4 rings (SSSR count). The SMILES string of the molecule is O=C1NC(=O)c2c(nc(Oc3cccc(OC(F)(F)F)c3)n2Cc2ccccc2)[NH2+]1. The van der Waals surface area contributed by atoms with Gasteiger partial charge >= 0.3 is 18.4 Å². The van der Waals surface area contributed by atoms with E-state index in [-0.39, 0.29) is 29.8 Å². The van der Waals surface area contributed by atoms with Gasteiger partial charge in [0.05, 0.1) is 6.54 Å². The Morgan fingerprint density at radius 2 is 1.77 bits per heavy atom. The van der Waals surface area contributed by atoms with E-state index in [1.807, 2.05) is 30.3 Å². The molecule has 0 spiro atoms. The Morgan fingerprint density at radius 1 is 1.03 bits per heavy atom. The molecule has 2 heterocycles.